The Morgan fingerprint density at radius 2 is 0.710 bits per heavy atom. The van der Waals surface area contributed by atoms with Gasteiger partial charge >= 0.3 is 0 Å². The number of hydrogen-bond acceptors (Lipinski definition) is 18. The molecule has 0 spiro atoms. The summed E-state index contributed by atoms with van der Waals surface area (Å²) in [6, 6.07) is 30.2. The number of fused-ring (bicyclic) bond motifs is 5. The Bertz CT molecular complexity index is 3200. The summed E-state index contributed by atoms with van der Waals surface area (Å²) in [7, 11) is 20.2. The Kier molecular flexibility index (Phi) is 28.1. The fraction of sp³-hybridized carbons (Fsp3) is 0.500. The van der Waals surface area contributed by atoms with Gasteiger partial charge in [-0.3, -0.25) is 48.5 Å². The maximum atomic E-state index is 12.5. The first-order valence-electron chi connectivity index (χ1n) is 32.6. The zero-order chi connectivity index (χ0) is 67.1. The molecule has 5 amide bonds. The number of ether oxygens (including phenoxy) is 3. The van der Waals surface area contributed by atoms with Gasteiger partial charge in [0.05, 0.1) is 50.0 Å². The van der Waals surface area contributed by atoms with Gasteiger partial charge in [0, 0.05) is 133 Å². The Labute approximate surface area is 551 Å². The van der Waals surface area contributed by atoms with E-state index in [0.717, 1.165) is 121 Å². The second kappa shape index (κ2) is 36.0. The Morgan fingerprint density at radius 3 is 1.05 bits per heavy atom. The van der Waals surface area contributed by atoms with Crippen molar-refractivity contribution in [2.75, 3.05) is 197 Å². The van der Waals surface area contributed by atoms with Gasteiger partial charge in [-0.25, -0.2) is 0 Å². The highest BCUT2D eigenvalue weighted by molar-refractivity contribution is 6.01. The third kappa shape index (κ3) is 19.6. The van der Waals surface area contributed by atoms with E-state index < -0.39 is 0 Å². The van der Waals surface area contributed by atoms with Crippen LogP contribution in [-0.4, -0.2) is 228 Å². The summed E-state index contributed by atoms with van der Waals surface area (Å²) in [4.78, 5) is 71.4. The van der Waals surface area contributed by atoms with Crippen molar-refractivity contribution in [1.82, 2.24) is 24.5 Å². The standard InChI is InChI=1S/C16H25N3O3.C14H21N3O2.C14H19N3O.C14H21N3O.C12H17N3O/c1-17-13-5-4-12-10-15(16(20)18-14(12)11-13)19(6-8-21-2)7-9-22-3;1-15-11-5-4-10-8-13(17(2)6-7-19-3)14(18)16-12(10)9-11;1-15-11-5-4-10-8-13(17-6-2-3-7-17)14(18)16-12(10)9-11;1-4-17(5-2)13-8-10-6-7-11(15-3)9-12(10)16-14(13)18;1-13-9-5-4-8-6-11(15(2)3)12(16)14-10(8)7-9/h4-5,11,15,17H,6-10H2,1-3H3,(H,18,20);4-5,9,13,15H,6-8H2,1-3H3,(H,16,18);4-5,9,13,15H,2-3,6-8H2,1H3,(H,16,18);6-7,9,13,15H,4-5,8H2,1-3H3,(H,16,18);4-5,7,11,13H,6H2,1-3H3,(H,14,16). The van der Waals surface area contributed by atoms with E-state index >= 15 is 0 Å². The topological polar surface area (TPSA) is 250 Å². The van der Waals surface area contributed by atoms with Crippen LogP contribution in [0.15, 0.2) is 91.0 Å². The van der Waals surface area contributed by atoms with E-state index in [4.69, 9.17) is 14.2 Å². The number of rotatable bonds is 21. The smallest absolute Gasteiger partial charge is 0.242 e. The molecular weight excluding hydrogens is 1180 g/mol. The number of nitrogens with one attached hydrogen (secondary N) is 10. The molecule has 5 unspecified atom stereocenters. The molecule has 23 nitrogen and oxygen atoms in total. The molecule has 23 heteroatoms. The largest absolute Gasteiger partial charge is 0.388 e. The number of likely N-dealkylation sites (N-methyl/N-ethyl adjacent to an activating group) is 3. The lowest BCUT2D eigenvalue weighted by atomic mass is 9.97. The average molecular weight is 1280 g/mol. The molecule has 10 N–H and O–H groups in total. The molecule has 0 saturated carbocycles. The van der Waals surface area contributed by atoms with Crippen LogP contribution < -0.4 is 53.2 Å². The molecule has 11 rings (SSSR count). The van der Waals surface area contributed by atoms with Crippen molar-refractivity contribution < 1.29 is 38.2 Å². The third-order valence-corrected chi connectivity index (χ3v) is 18.1. The summed E-state index contributed by atoms with van der Waals surface area (Å²) in [5, 5.41) is 30.4. The average Bonchev–Trinajstić information content (AvgIpc) is 1.43. The first-order valence-corrected chi connectivity index (χ1v) is 32.6. The van der Waals surface area contributed by atoms with E-state index in [1.54, 1.807) is 21.3 Å². The molecule has 6 heterocycles. The number of anilines is 10. The SMILES string of the molecule is CCN(CC)C1Cc2ccc(NC)cc2NC1=O.CNc1ccc2c(c1)NC(=O)C(N(C)C)C2.CNc1ccc2c(c1)NC(=O)C(N(C)CCOC)C2.CNc1ccc2c(c1)NC(=O)C(N(CCOC)CCOC)C2.CNc1ccc2c(c1)NC(=O)C(N1CCCC1)C2. The van der Waals surface area contributed by atoms with Crippen LogP contribution >= 0.6 is 0 Å². The summed E-state index contributed by atoms with van der Waals surface area (Å²) in [6.45, 7) is 12.1. The Hall–Kier alpha value is -7.87. The lowest BCUT2D eigenvalue weighted by Gasteiger charge is -2.34. The first kappa shape index (κ1) is 72.6. The zero-order valence-electron chi connectivity index (χ0n) is 57.1. The lowest BCUT2D eigenvalue weighted by molar-refractivity contribution is -0.122. The number of hydrogen-bond donors (Lipinski definition) is 10. The third-order valence-electron chi connectivity index (χ3n) is 18.1. The fourth-order valence-corrected chi connectivity index (χ4v) is 12.3. The minimum Gasteiger partial charge on any atom is -0.388 e. The summed E-state index contributed by atoms with van der Waals surface area (Å²) in [5.74, 6) is 0.426. The number of carbonyl (C=O) groups excluding carboxylic acids is 5. The molecular formula is C70H103N15O8. The van der Waals surface area contributed by atoms with E-state index in [1.807, 2.05) is 115 Å². The van der Waals surface area contributed by atoms with Crippen molar-refractivity contribution in [2.24, 2.45) is 0 Å². The van der Waals surface area contributed by atoms with Gasteiger partial charge < -0.3 is 67.4 Å². The van der Waals surface area contributed by atoms with Crippen LogP contribution in [0, 0.1) is 0 Å². The minimum absolute atomic E-state index is 0.0282. The molecule has 1 fully saturated rings. The Balaban J connectivity index is 0.000000165. The summed E-state index contributed by atoms with van der Waals surface area (Å²) in [6.07, 6.45) is 6.30. The predicted molar refractivity (Wildman–Crippen MR) is 378 cm³/mol. The van der Waals surface area contributed by atoms with Gasteiger partial charge in [0.1, 0.15) is 0 Å². The van der Waals surface area contributed by atoms with E-state index in [9.17, 15) is 24.0 Å². The molecule has 1 saturated heterocycles. The molecule has 93 heavy (non-hydrogen) atoms. The number of amides is 5. The van der Waals surface area contributed by atoms with Crippen LogP contribution in [0.1, 0.15) is 54.5 Å². The van der Waals surface area contributed by atoms with Crippen molar-refractivity contribution in [3.8, 4) is 0 Å². The molecule has 6 aliphatic heterocycles. The van der Waals surface area contributed by atoms with Gasteiger partial charge in [-0.1, -0.05) is 44.2 Å². The number of nitrogens with zero attached hydrogens (tertiary/aromatic N) is 5. The summed E-state index contributed by atoms with van der Waals surface area (Å²) in [5.41, 5.74) is 15.7. The van der Waals surface area contributed by atoms with Gasteiger partial charge in [0.25, 0.3) is 0 Å². The van der Waals surface area contributed by atoms with Gasteiger partial charge in [-0.15, -0.1) is 0 Å². The molecule has 0 aliphatic carbocycles. The van der Waals surface area contributed by atoms with Crippen molar-refractivity contribution in [1.29, 1.82) is 0 Å². The monoisotopic (exact) mass is 1280 g/mol. The molecule has 5 aromatic rings. The first-order chi connectivity index (χ1) is 44.9. The van der Waals surface area contributed by atoms with Crippen LogP contribution in [-0.2, 0) is 70.3 Å². The van der Waals surface area contributed by atoms with Gasteiger partial charge in [-0.05, 0) is 181 Å². The minimum atomic E-state index is -0.182. The molecule has 6 aliphatic rings. The highest BCUT2D eigenvalue weighted by atomic mass is 16.5. The number of methoxy groups -OCH3 is 3. The molecule has 5 aromatic carbocycles. The van der Waals surface area contributed by atoms with Gasteiger partial charge in [-0.2, -0.15) is 0 Å². The number of carbonyl (C=O) groups is 5. The molecule has 5 atom stereocenters. The molecule has 506 valence electrons. The van der Waals surface area contributed by atoms with Gasteiger partial charge in [0.2, 0.25) is 29.5 Å². The number of likely N-dealkylation sites (tertiary alicyclic amines) is 1. The second-order valence-corrected chi connectivity index (χ2v) is 24.1. The van der Waals surface area contributed by atoms with Crippen LogP contribution in [0.25, 0.3) is 0 Å². The van der Waals surface area contributed by atoms with Crippen LogP contribution in [0.2, 0.25) is 0 Å². The summed E-state index contributed by atoms with van der Waals surface area (Å²) >= 11 is 0. The van der Waals surface area contributed by atoms with Crippen molar-refractivity contribution in [3.63, 3.8) is 0 Å². The number of benzene rings is 5. The maximum absolute atomic E-state index is 12.5. The fourth-order valence-electron chi connectivity index (χ4n) is 12.3. The maximum Gasteiger partial charge on any atom is 0.242 e. The molecule has 0 aromatic heterocycles. The van der Waals surface area contributed by atoms with E-state index in [-0.39, 0.29) is 59.7 Å². The van der Waals surface area contributed by atoms with E-state index in [0.29, 0.717) is 39.3 Å². The van der Waals surface area contributed by atoms with E-state index in [1.165, 1.54) is 35.1 Å². The predicted octanol–water partition coefficient (Wildman–Crippen LogP) is 7.13. The van der Waals surface area contributed by atoms with Gasteiger partial charge in [0.15, 0.2) is 0 Å². The molecule has 0 radical (unpaired) electrons. The summed E-state index contributed by atoms with van der Waals surface area (Å²) < 4.78 is 15.4. The Morgan fingerprint density at radius 1 is 0.409 bits per heavy atom. The van der Waals surface area contributed by atoms with Crippen LogP contribution in [0.5, 0.6) is 0 Å². The normalized spacial score (nSPS) is 19.2. The van der Waals surface area contributed by atoms with Crippen molar-refractivity contribution in [2.45, 2.75) is 89.0 Å². The van der Waals surface area contributed by atoms with Crippen molar-refractivity contribution in [3.05, 3.63) is 119 Å². The zero-order valence-corrected chi connectivity index (χ0v) is 57.1. The van der Waals surface area contributed by atoms with Crippen LogP contribution in [0.3, 0.4) is 0 Å². The lowest BCUT2D eigenvalue weighted by Crippen LogP contribution is -2.50. The van der Waals surface area contributed by atoms with Crippen LogP contribution in [0.4, 0.5) is 56.9 Å². The second-order valence-electron chi connectivity index (χ2n) is 24.1. The highest BCUT2D eigenvalue weighted by Gasteiger charge is 2.35. The molecule has 0 bridgehead atoms. The highest BCUT2D eigenvalue weighted by Crippen LogP contribution is 2.33. The van der Waals surface area contributed by atoms with Crippen molar-refractivity contribution >= 4 is 86.4 Å². The quantitative estimate of drug-likeness (QED) is 0.0351. The van der Waals surface area contributed by atoms with E-state index in [2.05, 4.69) is 124 Å².